The highest BCUT2D eigenvalue weighted by Crippen LogP contribution is 2.05. The van der Waals surface area contributed by atoms with E-state index < -0.39 is 6.29 Å². The summed E-state index contributed by atoms with van der Waals surface area (Å²) in [5.74, 6) is 0. The molecule has 0 saturated heterocycles. The summed E-state index contributed by atoms with van der Waals surface area (Å²) in [6.07, 6.45) is 2.17. The second-order valence-electron chi connectivity index (χ2n) is 1.78. The highest BCUT2D eigenvalue weighted by Gasteiger charge is 2.05. The Bertz CT molecular complexity index is 128. The Balaban J connectivity index is 3.83. The zero-order valence-electron chi connectivity index (χ0n) is 6.17. The fourth-order valence-corrected chi connectivity index (χ4v) is 0.439. The van der Waals surface area contributed by atoms with Crippen molar-refractivity contribution >= 4 is 0 Å². The Morgan fingerprint density at radius 3 is 1.90 bits per heavy atom. The molecule has 0 spiro atoms. The normalized spacial score (nSPS) is 8.60. The van der Waals surface area contributed by atoms with Crippen LogP contribution in [-0.2, 0) is 9.47 Å². The van der Waals surface area contributed by atoms with Crippen molar-refractivity contribution in [2.75, 3.05) is 0 Å². The van der Waals surface area contributed by atoms with Gasteiger partial charge in [0.05, 0.1) is 12.5 Å². The van der Waals surface area contributed by atoms with Gasteiger partial charge in [0.15, 0.2) is 0 Å². The molecule has 0 radical (unpaired) electrons. The third-order valence-electron chi connectivity index (χ3n) is 0.842. The molecule has 0 amide bonds. The van der Waals surface area contributed by atoms with E-state index in [0.29, 0.717) is 0 Å². The maximum Gasteiger partial charge on any atom is 0.261 e. The number of hydrogen-bond acceptors (Lipinski definition) is 2. The summed E-state index contributed by atoms with van der Waals surface area (Å²) in [6, 6.07) is 0. The van der Waals surface area contributed by atoms with Gasteiger partial charge in [-0.05, 0) is 12.5 Å². The molecular formula is C8H12O2. The van der Waals surface area contributed by atoms with E-state index >= 15 is 0 Å². The van der Waals surface area contributed by atoms with Gasteiger partial charge in [0.25, 0.3) is 6.29 Å². The van der Waals surface area contributed by atoms with Crippen LogP contribution in [0.1, 0.15) is 6.92 Å². The molecule has 0 rings (SSSR count). The molecule has 10 heavy (non-hydrogen) atoms. The predicted octanol–water partition coefficient (Wildman–Crippen LogP) is 2.21. The summed E-state index contributed by atoms with van der Waals surface area (Å²) in [4.78, 5) is 0. The van der Waals surface area contributed by atoms with Crippen molar-refractivity contribution in [3.8, 4) is 0 Å². The summed E-state index contributed by atoms with van der Waals surface area (Å²) >= 11 is 0. The fraction of sp³-hybridized carbons (Fsp3) is 0.250. The minimum atomic E-state index is -0.449. The van der Waals surface area contributed by atoms with Crippen molar-refractivity contribution < 1.29 is 9.47 Å². The molecule has 0 aliphatic heterocycles. The molecule has 2 heteroatoms. The van der Waals surface area contributed by atoms with Crippen molar-refractivity contribution in [1.29, 1.82) is 0 Å². The quantitative estimate of drug-likeness (QED) is 0.331. The Morgan fingerprint density at radius 2 is 1.70 bits per heavy atom. The number of rotatable bonds is 5. The standard InChI is InChI=1S/C8H12O2/c1-5-9-8(7(3)4)10-6-2/h5-6,8H,1-3H2,4H3. The minimum Gasteiger partial charge on any atom is -0.459 e. The van der Waals surface area contributed by atoms with Gasteiger partial charge in [-0.3, -0.25) is 0 Å². The van der Waals surface area contributed by atoms with E-state index in [1.54, 1.807) is 6.92 Å². The van der Waals surface area contributed by atoms with Crippen LogP contribution in [0.2, 0.25) is 0 Å². The molecule has 0 aliphatic rings. The molecule has 0 heterocycles. The summed E-state index contributed by atoms with van der Waals surface area (Å²) in [6.45, 7) is 12.2. The largest absolute Gasteiger partial charge is 0.459 e. The molecule has 0 aromatic carbocycles. The SMILES string of the molecule is C=COC(OC=C)C(=C)C. The maximum atomic E-state index is 4.91. The van der Waals surface area contributed by atoms with Crippen LogP contribution < -0.4 is 0 Å². The van der Waals surface area contributed by atoms with E-state index in [1.807, 2.05) is 0 Å². The van der Waals surface area contributed by atoms with Crippen molar-refractivity contribution in [3.05, 3.63) is 37.8 Å². The van der Waals surface area contributed by atoms with Gasteiger partial charge in [0, 0.05) is 0 Å². The Labute approximate surface area is 61.5 Å². The van der Waals surface area contributed by atoms with Crippen LogP contribution in [-0.4, -0.2) is 6.29 Å². The van der Waals surface area contributed by atoms with Crippen molar-refractivity contribution in [2.24, 2.45) is 0 Å². The second kappa shape index (κ2) is 4.68. The third-order valence-corrected chi connectivity index (χ3v) is 0.842. The zero-order chi connectivity index (χ0) is 7.98. The lowest BCUT2D eigenvalue weighted by Crippen LogP contribution is -2.11. The molecule has 0 saturated carbocycles. The molecule has 0 aliphatic carbocycles. The first-order valence-electron chi connectivity index (χ1n) is 2.90. The van der Waals surface area contributed by atoms with Crippen LogP contribution in [0.5, 0.6) is 0 Å². The molecule has 0 fully saturated rings. The molecule has 56 valence electrons. The molecule has 0 unspecified atom stereocenters. The molecular weight excluding hydrogens is 128 g/mol. The first kappa shape index (κ1) is 8.82. The van der Waals surface area contributed by atoms with Crippen LogP contribution in [0, 0.1) is 0 Å². The van der Waals surface area contributed by atoms with E-state index in [1.165, 1.54) is 12.5 Å². The Hall–Kier alpha value is -1.18. The van der Waals surface area contributed by atoms with Crippen LogP contribution in [0.4, 0.5) is 0 Å². The van der Waals surface area contributed by atoms with Gasteiger partial charge < -0.3 is 9.47 Å². The van der Waals surface area contributed by atoms with Gasteiger partial charge in [0.1, 0.15) is 0 Å². The van der Waals surface area contributed by atoms with Gasteiger partial charge in [-0.25, -0.2) is 0 Å². The number of hydrogen-bond donors (Lipinski definition) is 0. The van der Waals surface area contributed by atoms with Gasteiger partial charge in [-0.15, -0.1) is 0 Å². The molecule has 0 N–H and O–H groups in total. The topological polar surface area (TPSA) is 18.5 Å². The van der Waals surface area contributed by atoms with E-state index in [9.17, 15) is 0 Å². The van der Waals surface area contributed by atoms with Gasteiger partial charge >= 0.3 is 0 Å². The summed E-state index contributed by atoms with van der Waals surface area (Å²) in [5, 5.41) is 0. The van der Waals surface area contributed by atoms with Crippen molar-refractivity contribution in [2.45, 2.75) is 13.2 Å². The number of ether oxygens (including phenoxy) is 2. The lowest BCUT2D eigenvalue weighted by Gasteiger charge is -2.14. The molecule has 0 atom stereocenters. The minimum absolute atomic E-state index is 0.449. The first-order valence-corrected chi connectivity index (χ1v) is 2.90. The van der Waals surface area contributed by atoms with Crippen molar-refractivity contribution in [3.63, 3.8) is 0 Å². The van der Waals surface area contributed by atoms with Crippen LogP contribution in [0.15, 0.2) is 37.8 Å². The monoisotopic (exact) mass is 140 g/mol. The van der Waals surface area contributed by atoms with Crippen LogP contribution in [0.3, 0.4) is 0 Å². The highest BCUT2D eigenvalue weighted by molar-refractivity contribution is 4.94. The van der Waals surface area contributed by atoms with Gasteiger partial charge in [-0.2, -0.15) is 0 Å². The summed E-state index contributed by atoms with van der Waals surface area (Å²) in [5.41, 5.74) is 0.778. The molecule has 0 bridgehead atoms. The lowest BCUT2D eigenvalue weighted by molar-refractivity contribution is -0.0308. The van der Waals surface area contributed by atoms with Gasteiger partial charge in [-0.1, -0.05) is 19.7 Å². The van der Waals surface area contributed by atoms with Crippen molar-refractivity contribution in [1.82, 2.24) is 0 Å². The first-order chi connectivity index (χ1) is 4.72. The van der Waals surface area contributed by atoms with Crippen LogP contribution >= 0.6 is 0 Å². The van der Waals surface area contributed by atoms with E-state index in [4.69, 9.17) is 9.47 Å². The predicted molar refractivity (Wildman–Crippen MR) is 41.2 cm³/mol. The summed E-state index contributed by atoms with van der Waals surface area (Å²) < 4.78 is 9.83. The molecule has 0 aromatic heterocycles. The molecule has 0 aromatic rings. The van der Waals surface area contributed by atoms with Gasteiger partial charge in [0.2, 0.25) is 0 Å². The average molecular weight is 140 g/mol. The maximum absolute atomic E-state index is 4.91. The van der Waals surface area contributed by atoms with E-state index in [2.05, 4.69) is 19.7 Å². The van der Waals surface area contributed by atoms with E-state index in [-0.39, 0.29) is 0 Å². The molecule has 2 nitrogen and oxygen atoms in total. The fourth-order valence-electron chi connectivity index (χ4n) is 0.439. The lowest BCUT2D eigenvalue weighted by atomic mass is 10.3. The van der Waals surface area contributed by atoms with E-state index in [0.717, 1.165) is 5.57 Å². The van der Waals surface area contributed by atoms with Crippen LogP contribution in [0.25, 0.3) is 0 Å². The highest BCUT2D eigenvalue weighted by atomic mass is 16.7. The Kier molecular flexibility index (Phi) is 4.12. The Morgan fingerprint density at radius 1 is 1.30 bits per heavy atom. The summed E-state index contributed by atoms with van der Waals surface area (Å²) in [7, 11) is 0. The average Bonchev–Trinajstić information content (AvgIpc) is 1.87. The zero-order valence-corrected chi connectivity index (χ0v) is 6.17. The second-order valence-corrected chi connectivity index (χ2v) is 1.78. The smallest absolute Gasteiger partial charge is 0.261 e. The third kappa shape index (κ3) is 2.97.